The van der Waals surface area contributed by atoms with Gasteiger partial charge in [-0.05, 0) is 37.6 Å². The molecule has 0 amide bonds. The quantitative estimate of drug-likeness (QED) is 0.685. The van der Waals surface area contributed by atoms with Crippen LogP contribution < -0.4 is 5.32 Å². The lowest BCUT2D eigenvalue weighted by molar-refractivity contribution is 0.224. The molecule has 3 atom stereocenters. The van der Waals surface area contributed by atoms with Crippen molar-refractivity contribution in [2.45, 2.75) is 53.0 Å². The predicted molar refractivity (Wildman–Crippen MR) is 54.3 cm³/mol. The zero-order chi connectivity index (χ0) is 9.19. The molecule has 1 aliphatic rings. The average molecular weight is 169 g/mol. The van der Waals surface area contributed by atoms with E-state index in [4.69, 9.17) is 0 Å². The van der Waals surface area contributed by atoms with Crippen LogP contribution in [0.15, 0.2) is 0 Å². The molecule has 1 N–H and O–H groups in total. The van der Waals surface area contributed by atoms with E-state index in [9.17, 15) is 0 Å². The molecule has 3 unspecified atom stereocenters. The first-order valence-electron chi connectivity index (χ1n) is 5.32. The van der Waals surface area contributed by atoms with Gasteiger partial charge in [-0.15, -0.1) is 0 Å². The molecule has 0 saturated carbocycles. The van der Waals surface area contributed by atoms with E-state index in [0.29, 0.717) is 11.5 Å². The van der Waals surface area contributed by atoms with Crippen molar-refractivity contribution < 1.29 is 0 Å². The Bertz CT molecular complexity index is 144. The maximum Gasteiger partial charge on any atom is 0.00931 e. The van der Waals surface area contributed by atoms with Crippen LogP contribution >= 0.6 is 0 Å². The summed E-state index contributed by atoms with van der Waals surface area (Å²) >= 11 is 0. The Hall–Kier alpha value is -0.0400. The molecule has 1 heteroatoms. The largest absolute Gasteiger partial charge is 0.314 e. The molecule has 1 rings (SSSR count). The summed E-state index contributed by atoms with van der Waals surface area (Å²) in [5, 5.41) is 3.54. The van der Waals surface area contributed by atoms with Gasteiger partial charge in [-0.1, -0.05) is 27.2 Å². The van der Waals surface area contributed by atoms with Gasteiger partial charge in [0.1, 0.15) is 0 Å². The lowest BCUT2D eigenvalue weighted by Gasteiger charge is -2.31. The second kappa shape index (κ2) is 3.78. The number of nitrogens with one attached hydrogen (secondary N) is 1. The third kappa shape index (κ3) is 2.01. The molecule has 0 radical (unpaired) electrons. The second-order valence-corrected chi connectivity index (χ2v) is 4.80. The lowest BCUT2D eigenvalue weighted by atomic mass is 9.75. The molecule has 1 nitrogen and oxygen atoms in total. The van der Waals surface area contributed by atoms with E-state index in [1.807, 2.05) is 0 Å². The fourth-order valence-electron chi connectivity index (χ4n) is 2.26. The van der Waals surface area contributed by atoms with E-state index in [1.165, 1.54) is 25.8 Å². The van der Waals surface area contributed by atoms with Crippen LogP contribution in [0.25, 0.3) is 0 Å². The summed E-state index contributed by atoms with van der Waals surface area (Å²) in [5.74, 6) is 0.886. The minimum atomic E-state index is 0.565. The summed E-state index contributed by atoms with van der Waals surface area (Å²) in [5.41, 5.74) is 0.565. The standard InChI is InChI=1S/C11H23N/c1-5-9(2)8-11(4)6-7-12-10(11)3/h9-10,12H,5-8H2,1-4H3. The van der Waals surface area contributed by atoms with E-state index >= 15 is 0 Å². The van der Waals surface area contributed by atoms with Crippen molar-refractivity contribution in [3.05, 3.63) is 0 Å². The van der Waals surface area contributed by atoms with Crippen molar-refractivity contribution in [1.82, 2.24) is 5.32 Å². The SMILES string of the molecule is CCC(C)CC1(C)CCNC1C. The average Bonchev–Trinajstić information content (AvgIpc) is 2.32. The van der Waals surface area contributed by atoms with Crippen molar-refractivity contribution >= 4 is 0 Å². The molecule has 1 saturated heterocycles. The zero-order valence-corrected chi connectivity index (χ0v) is 8.98. The lowest BCUT2D eigenvalue weighted by Crippen LogP contribution is -2.32. The van der Waals surface area contributed by atoms with E-state index in [1.54, 1.807) is 0 Å². The van der Waals surface area contributed by atoms with Crippen LogP contribution in [0.3, 0.4) is 0 Å². The third-order valence-corrected chi connectivity index (χ3v) is 3.70. The molecule has 0 aromatic heterocycles. The molecular formula is C11H23N. The fraction of sp³-hybridized carbons (Fsp3) is 1.00. The fourth-order valence-corrected chi connectivity index (χ4v) is 2.26. The molecule has 0 aromatic rings. The first-order chi connectivity index (χ1) is 5.58. The minimum Gasteiger partial charge on any atom is -0.314 e. The molecule has 0 bridgehead atoms. The van der Waals surface area contributed by atoms with Crippen molar-refractivity contribution in [3.63, 3.8) is 0 Å². The van der Waals surface area contributed by atoms with Gasteiger partial charge in [-0.2, -0.15) is 0 Å². The smallest absolute Gasteiger partial charge is 0.00931 e. The van der Waals surface area contributed by atoms with Crippen LogP contribution in [0.4, 0.5) is 0 Å². The molecule has 72 valence electrons. The van der Waals surface area contributed by atoms with Crippen molar-refractivity contribution in [3.8, 4) is 0 Å². The molecule has 1 aliphatic heterocycles. The van der Waals surface area contributed by atoms with Gasteiger partial charge >= 0.3 is 0 Å². The number of hydrogen-bond donors (Lipinski definition) is 1. The van der Waals surface area contributed by atoms with Gasteiger partial charge < -0.3 is 5.32 Å². The van der Waals surface area contributed by atoms with Crippen LogP contribution in [0.2, 0.25) is 0 Å². The topological polar surface area (TPSA) is 12.0 Å². The number of rotatable bonds is 3. The van der Waals surface area contributed by atoms with Gasteiger partial charge in [0.2, 0.25) is 0 Å². The summed E-state index contributed by atoms with van der Waals surface area (Å²) < 4.78 is 0. The highest BCUT2D eigenvalue weighted by molar-refractivity contribution is 4.91. The van der Waals surface area contributed by atoms with Gasteiger partial charge in [0.15, 0.2) is 0 Å². The molecule has 12 heavy (non-hydrogen) atoms. The highest BCUT2D eigenvalue weighted by atomic mass is 15.0. The molecule has 1 fully saturated rings. The van der Waals surface area contributed by atoms with E-state index in [0.717, 1.165) is 5.92 Å². The Balaban J connectivity index is 2.47. The second-order valence-electron chi connectivity index (χ2n) is 4.80. The third-order valence-electron chi connectivity index (χ3n) is 3.70. The summed E-state index contributed by atoms with van der Waals surface area (Å²) in [7, 11) is 0. The molecular weight excluding hydrogens is 146 g/mol. The first kappa shape index (κ1) is 10.0. The van der Waals surface area contributed by atoms with Crippen LogP contribution in [-0.2, 0) is 0 Å². The maximum absolute atomic E-state index is 3.54. The van der Waals surface area contributed by atoms with Gasteiger partial charge in [0.25, 0.3) is 0 Å². The van der Waals surface area contributed by atoms with Gasteiger partial charge in [-0.25, -0.2) is 0 Å². The monoisotopic (exact) mass is 169 g/mol. The predicted octanol–water partition coefficient (Wildman–Crippen LogP) is 2.81. The van der Waals surface area contributed by atoms with Crippen molar-refractivity contribution in [2.75, 3.05) is 6.54 Å². The van der Waals surface area contributed by atoms with E-state index in [-0.39, 0.29) is 0 Å². The normalized spacial score (nSPS) is 38.5. The van der Waals surface area contributed by atoms with Crippen molar-refractivity contribution in [2.24, 2.45) is 11.3 Å². The first-order valence-corrected chi connectivity index (χ1v) is 5.32. The Morgan fingerprint density at radius 2 is 2.25 bits per heavy atom. The molecule has 0 aromatic carbocycles. The van der Waals surface area contributed by atoms with Gasteiger partial charge in [0.05, 0.1) is 0 Å². The highest BCUT2D eigenvalue weighted by Crippen LogP contribution is 2.37. The Kier molecular flexibility index (Phi) is 3.16. The highest BCUT2D eigenvalue weighted by Gasteiger charge is 2.35. The Morgan fingerprint density at radius 1 is 1.58 bits per heavy atom. The van der Waals surface area contributed by atoms with Crippen LogP contribution in [0, 0.1) is 11.3 Å². The van der Waals surface area contributed by atoms with E-state index < -0.39 is 0 Å². The maximum atomic E-state index is 3.54. The summed E-state index contributed by atoms with van der Waals surface area (Å²) in [4.78, 5) is 0. The van der Waals surface area contributed by atoms with Gasteiger partial charge in [0, 0.05) is 6.04 Å². The number of hydrogen-bond acceptors (Lipinski definition) is 1. The summed E-state index contributed by atoms with van der Waals surface area (Å²) in [6.45, 7) is 10.6. The molecule has 0 aliphatic carbocycles. The Labute approximate surface area is 76.9 Å². The van der Waals surface area contributed by atoms with Crippen LogP contribution in [0.1, 0.15) is 47.0 Å². The van der Waals surface area contributed by atoms with E-state index in [2.05, 4.69) is 33.0 Å². The van der Waals surface area contributed by atoms with Crippen LogP contribution in [0.5, 0.6) is 0 Å². The molecule has 0 spiro atoms. The molecule has 1 heterocycles. The van der Waals surface area contributed by atoms with Crippen LogP contribution in [-0.4, -0.2) is 12.6 Å². The zero-order valence-electron chi connectivity index (χ0n) is 8.98. The van der Waals surface area contributed by atoms with Gasteiger partial charge in [-0.3, -0.25) is 0 Å². The summed E-state index contributed by atoms with van der Waals surface area (Å²) in [6.07, 6.45) is 4.07. The Morgan fingerprint density at radius 3 is 2.67 bits per heavy atom. The minimum absolute atomic E-state index is 0.565. The van der Waals surface area contributed by atoms with Crippen molar-refractivity contribution in [1.29, 1.82) is 0 Å². The summed E-state index contributed by atoms with van der Waals surface area (Å²) in [6, 6.07) is 0.714.